The molecule has 0 spiro atoms. The zero-order valence-electron chi connectivity index (χ0n) is 11.0. The van der Waals surface area contributed by atoms with Crippen LogP contribution in [0, 0.1) is 0 Å². The Kier molecular flexibility index (Phi) is 5.39. The number of hydrogen-bond donors (Lipinski definition) is 0. The van der Waals surface area contributed by atoms with Crippen molar-refractivity contribution in [2.45, 2.75) is 29.0 Å². The monoisotopic (exact) mass is 415 g/mol. The molecule has 2 aliphatic rings. The van der Waals surface area contributed by atoms with Gasteiger partial charge in [0.25, 0.3) is 0 Å². The molecular weight excluding hydrogens is 397 g/mol. The standard InChI is InChI=1S/C11H16BrNO.C2H3O.In/c1-3-4-9-14-11(12)10-5-7-13(2)8-6-10;1-2-3;/h4-5,11H,1,3,6-8H2,2H3;1H3;. The van der Waals surface area contributed by atoms with E-state index in [-0.39, 0.29) is 5.01 Å². The summed E-state index contributed by atoms with van der Waals surface area (Å²) in [5.41, 5.74) is 1.31. The van der Waals surface area contributed by atoms with Crippen molar-refractivity contribution in [3.8, 4) is 0 Å². The summed E-state index contributed by atoms with van der Waals surface area (Å²) in [4.78, 5) is 13.9. The average Bonchev–Trinajstić information content (AvgIpc) is 2.78. The molecule has 5 heteroatoms. The van der Waals surface area contributed by atoms with E-state index in [0.717, 1.165) is 33.6 Å². The molecular formula is C13H19BrInNO2. The first-order valence-electron chi connectivity index (χ1n) is 6.46. The molecule has 98 valence electrons. The molecule has 2 rings (SSSR count). The molecule has 0 amide bonds. The molecule has 0 fully saturated rings. The third-order valence-electron chi connectivity index (χ3n) is 3.61. The summed E-state index contributed by atoms with van der Waals surface area (Å²) in [6, 6.07) is 0. The van der Waals surface area contributed by atoms with Crippen molar-refractivity contribution in [1.29, 1.82) is 0 Å². The Morgan fingerprint density at radius 1 is 1.56 bits per heavy atom. The quantitative estimate of drug-likeness (QED) is 0.521. The maximum atomic E-state index is 11.6. The number of alkyl halides is 1. The van der Waals surface area contributed by atoms with Crippen molar-refractivity contribution < 1.29 is 9.53 Å². The van der Waals surface area contributed by atoms with Gasteiger partial charge in [0.15, 0.2) is 0 Å². The minimum atomic E-state index is -2.19. The normalized spacial score (nSPS) is 22.5. The molecule has 1 unspecified atom stereocenters. The Morgan fingerprint density at radius 2 is 2.33 bits per heavy atom. The number of ether oxygens (including phenoxy) is 1. The van der Waals surface area contributed by atoms with Crippen LogP contribution in [0.3, 0.4) is 0 Å². The zero-order valence-corrected chi connectivity index (χ0v) is 15.9. The van der Waals surface area contributed by atoms with E-state index in [1.165, 1.54) is 5.57 Å². The molecule has 18 heavy (non-hydrogen) atoms. The molecule has 2 heterocycles. The molecule has 3 nitrogen and oxygen atoms in total. The molecule has 2 aliphatic heterocycles. The van der Waals surface area contributed by atoms with E-state index in [2.05, 4.69) is 40.0 Å². The number of rotatable bonds is 4. The van der Waals surface area contributed by atoms with E-state index in [1.807, 2.05) is 0 Å². The van der Waals surface area contributed by atoms with Crippen molar-refractivity contribution in [3.63, 3.8) is 0 Å². The molecule has 0 aromatic heterocycles. The van der Waals surface area contributed by atoms with Crippen molar-refractivity contribution in [3.05, 3.63) is 21.2 Å². The number of nitrogens with zero attached hydrogens (tertiary/aromatic N) is 1. The Morgan fingerprint density at radius 3 is 2.94 bits per heavy atom. The van der Waals surface area contributed by atoms with Gasteiger partial charge in [-0.05, 0) is 0 Å². The van der Waals surface area contributed by atoms with Crippen LogP contribution in [-0.2, 0) is 9.53 Å². The van der Waals surface area contributed by atoms with Gasteiger partial charge in [0, 0.05) is 0 Å². The van der Waals surface area contributed by atoms with E-state index in [1.54, 1.807) is 6.92 Å². The second-order valence-electron chi connectivity index (χ2n) is 5.07. The van der Waals surface area contributed by atoms with Gasteiger partial charge in [-0.15, -0.1) is 0 Å². The van der Waals surface area contributed by atoms with Crippen LogP contribution >= 0.6 is 15.9 Å². The number of carbonyl (C=O) groups excluding carboxylic acids is 1. The van der Waals surface area contributed by atoms with Crippen LogP contribution in [0.4, 0.5) is 0 Å². The Hall–Kier alpha value is 0.260. The fourth-order valence-electron chi connectivity index (χ4n) is 2.40. The Bertz CT molecular complexity index is 394. The average molecular weight is 416 g/mol. The van der Waals surface area contributed by atoms with Crippen LogP contribution in [0.2, 0.25) is 4.18 Å². The second-order valence-corrected chi connectivity index (χ2v) is 14.7. The van der Waals surface area contributed by atoms with Crippen LogP contribution in [0.15, 0.2) is 21.2 Å². The van der Waals surface area contributed by atoms with Crippen LogP contribution in [0.25, 0.3) is 0 Å². The van der Waals surface area contributed by atoms with Gasteiger partial charge in [0.2, 0.25) is 0 Å². The molecule has 0 saturated carbocycles. The molecule has 0 radical (unpaired) electrons. The number of allylic oxidation sites excluding steroid dienone is 1. The van der Waals surface area contributed by atoms with Crippen molar-refractivity contribution in [1.82, 2.24) is 4.90 Å². The minimum absolute atomic E-state index is 0.0332. The van der Waals surface area contributed by atoms with Gasteiger partial charge in [0.05, 0.1) is 0 Å². The van der Waals surface area contributed by atoms with E-state index in [4.69, 9.17) is 4.74 Å². The Labute approximate surface area is 125 Å². The van der Waals surface area contributed by atoms with Crippen LogP contribution in [0.5, 0.6) is 0 Å². The fourth-order valence-corrected chi connectivity index (χ4v) is 10.3. The van der Waals surface area contributed by atoms with E-state index < -0.39 is 21.4 Å². The predicted molar refractivity (Wildman–Crippen MR) is 77.9 cm³/mol. The van der Waals surface area contributed by atoms with Gasteiger partial charge >= 0.3 is 126 Å². The first-order valence-corrected chi connectivity index (χ1v) is 13.0. The van der Waals surface area contributed by atoms with Gasteiger partial charge in [-0.3, -0.25) is 0 Å². The fraction of sp³-hybridized carbons (Fsp3) is 0.615. The van der Waals surface area contributed by atoms with Crippen LogP contribution in [-0.4, -0.2) is 55.0 Å². The number of halogens is 1. The SMILES string of the molecule is C[C](=O)[In]1[CH2]CC=[C]1OC(Br)C1=CCN(C)CC1. The topological polar surface area (TPSA) is 29.5 Å². The van der Waals surface area contributed by atoms with E-state index >= 15 is 0 Å². The molecule has 0 N–H and O–H groups in total. The zero-order chi connectivity index (χ0) is 13.1. The number of likely N-dealkylation sites (N-methyl/N-ethyl adjacent to an activating group) is 1. The molecule has 0 aromatic rings. The third-order valence-corrected chi connectivity index (χ3v) is 12.8. The van der Waals surface area contributed by atoms with E-state index in [0.29, 0.717) is 3.54 Å². The number of hydrogen-bond acceptors (Lipinski definition) is 3. The van der Waals surface area contributed by atoms with E-state index in [9.17, 15) is 4.79 Å². The summed E-state index contributed by atoms with van der Waals surface area (Å²) >= 11 is 1.43. The van der Waals surface area contributed by atoms with Crippen molar-refractivity contribution >= 4 is 40.9 Å². The summed E-state index contributed by atoms with van der Waals surface area (Å²) in [7, 11) is 2.12. The third kappa shape index (κ3) is 3.64. The first-order chi connectivity index (χ1) is 8.58. The van der Waals surface area contributed by atoms with Crippen LogP contribution < -0.4 is 0 Å². The summed E-state index contributed by atoms with van der Waals surface area (Å²) < 4.78 is 8.60. The summed E-state index contributed by atoms with van der Waals surface area (Å²) in [5, 5.41) is -0.0332. The first kappa shape index (κ1) is 14.7. The summed E-state index contributed by atoms with van der Waals surface area (Å²) in [6.07, 6.45) is 6.46. The van der Waals surface area contributed by atoms with Crippen LogP contribution in [0.1, 0.15) is 19.8 Å². The molecule has 0 aromatic carbocycles. The van der Waals surface area contributed by atoms with Gasteiger partial charge in [-0.25, -0.2) is 0 Å². The molecule has 0 aliphatic carbocycles. The van der Waals surface area contributed by atoms with Crippen molar-refractivity contribution in [2.75, 3.05) is 20.1 Å². The second kappa shape index (κ2) is 6.62. The summed E-state index contributed by atoms with van der Waals surface area (Å²) in [6.45, 7) is 3.80. The molecule has 1 atom stereocenters. The van der Waals surface area contributed by atoms with Gasteiger partial charge in [-0.2, -0.15) is 0 Å². The molecule has 0 saturated heterocycles. The van der Waals surface area contributed by atoms with Crippen molar-refractivity contribution in [2.24, 2.45) is 0 Å². The Balaban J connectivity index is 1.95. The van der Waals surface area contributed by atoms with Gasteiger partial charge in [0.1, 0.15) is 0 Å². The number of carbonyl (C=O) groups is 1. The summed E-state index contributed by atoms with van der Waals surface area (Å²) in [5.74, 6) is 0. The maximum absolute atomic E-state index is 11.6. The van der Waals surface area contributed by atoms with Gasteiger partial charge < -0.3 is 0 Å². The predicted octanol–water partition coefficient (Wildman–Crippen LogP) is 2.44. The van der Waals surface area contributed by atoms with Gasteiger partial charge in [-0.1, -0.05) is 0 Å². The molecule has 0 bridgehead atoms.